The summed E-state index contributed by atoms with van der Waals surface area (Å²) in [5.74, 6) is -0.349. The quantitative estimate of drug-likeness (QED) is 0.590. The predicted molar refractivity (Wildman–Crippen MR) is 51.5 cm³/mol. The average Bonchev–Trinajstić information content (AvgIpc) is 2.13. The molecule has 0 aliphatic carbocycles. The molecule has 1 unspecified atom stereocenters. The zero-order chi connectivity index (χ0) is 10.0. The lowest BCUT2D eigenvalue weighted by molar-refractivity contribution is 0.577. The number of nitrogens with two attached hydrogens (primary N) is 3. The first-order valence-corrected chi connectivity index (χ1v) is 4.08. The maximum absolute atomic E-state index is 13.5. The Morgan fingerprint density at radius 3 is 2.62 bits per heavy atom. The van der Waals surface area contributed by atoms with Crippen LogP contribution in [0.4, 0.5) is 10.1 Å². The number of benzene rings is 1. The molecule has 3 nitrogen and oxygen atoms in total. The standard InChI is InChI=1S/C9H14FN3/c1-5-7(12)3-2-6(9(5)10)8(13)4-11/h2-3,8H,4,11-13H2,1H3. The van der Waals surface area contributed by atoms with Crippen LogP contribution in [0.1, 0.15) is 17.2 Å². The van der Waals surface area contributed by atoms with Crippen molar-refractivity contribution in [3.05, 3.63) is 29.1 Å². The summed E-state index contributed by atoms with van der Waals surface area (Å²) < 4.78 is 13.5. The Bertz CT molecular complexity index is 312. The van der Waals surface area contributed by atoms with E-state index in [1.807, 2.05) is 0 Å². The highest BCUT2D eigenvalue weighted by atomic mass is 19.1. The zero-order valence-electron chi connectivity index (χ0n) is 7.55. The minimum Gasteiger partial charge on any atom is -0.398 e. The Morgan fingerprint density at radius 1 is 1.46 bits per heavy atom. The van der Waals surface area contributed by atoms with E-state index in [2.05, 4.69) is 0 Å². The van der Waals surface area contributed by atoms with Crippen molar-refractivity contribution in [3.8, 4) is 0 Å². The van der Waals surface area contributed by atoms with Crippen LogP contribution in [0.2, 0.25) is 0 Å². The third-order valence-electron chi connectivity index (χ3n) is 2.11. The third-order valence-corrected chi connectivity index (χ3v) is 2.11. The van der Waals surface area contributed by atoms with Gasteiger partial charge in [0.25, 0.3) is 0 Å². The van der Waals surface area contributed by atoms with Crippen LogP contribution in [0.15, 0.2) is 12.1 Å². The van der Waals surface area contributed by atoms with E-state index in [0.717, 1.165) is 0 Å². The molecule has 0 bridgehead atoms. The van der Waals surface area contributed by atoms with Crippen molar-refractivity contribution in [1.82, 2.24) is 0 Å². The number of hydrogen-bond acceptors (Lipinski definition) is 3. The second kappa shape index (κ2) is 3.72. The molecule has 1 atom stereocenters. The van der Waals surface area contributed by atoms with Crippen molar-refractivity contribution in [2.24, 2.45) is 11.5 Å². The lowest BCUT2D eigenvalue weighted by Crippen LogP contribution is -2.22. The highest BCUT2D eigenvalue weighted by Gasteiger charge is 2.12. The van der Waals surface area contributed by atoms with Gasteiger partial charge in [-0.05, 0) is 13.0 Å². The molecule has 0 fully saturated rings. The van der Waals surface area contributed by atoms with Crippen molar-refractivity contribution < 1.29 is 4.39 Å². The van der Waals surface area contributed by atoms with Crippen LogP contribution in [0, 0.1) is 12.7 Å². The van der Waals surface area contributed by atoms with E-state index < -0.39 is 6.04 Å². The molecule has 1 aromatic carbocycles. The molecule has 0 heterocycles. The van der Waals surface area contributed by atoms with E-state index in [-0.39, 0.29) is 12.4 Å². The summed E-state index contributed by atoms with van der Waals surface area (Å²) in [6, 6.07) is 2.76. The molecule has 72 valence electrons. The van der Waals surface area contributed by atoms with Gasteiger partial charge in [-0.2, -0.15) is 0 Å². The van der Waals surface area contributed by atoms with Gasteiger partial charge < -0.3 is 17.2 Å². The molecule has 13 heavy (non-hydrogen) atoms. The molecule has 0 amide bonds. The minimum absolute atomic E-state index is 0.222. The highest BCUT2D eigenvalue weighted by molar-refractivity contribution is 5.49. The van der Waals surface area contributed by atoms with E-state index >= 15 is 0 Å². The second-order valence-electron chi connectivity index (χ2n) is 3.03. The number of rotatable bonds is 2. The minimum atomic E-state index is -0.459. The Kier molecular flexibility index (Phi) is 2.85. The fourth-order valence-corrected chi connectivity index (χ4v) is 1.13. The van der Waals surface area contributed by atoms with Gasteiger partial charge in [0.2, 0.25) is 0 Å². The molecule has 4 heteroatoms. The molecule has 1 rings (SSSR count). The molecule has 0 aliphatic heterocycles. The van der Waals surface area contributed by atoms with Crippen molar-refractivity contribution in [1.29, 1.82) is 0 Å². The zero-order valence-corrected chi connectivity index (χ0v) is 7.55. The van der Waals surface area contributed by atoms with Crippen molar-refractivity contribution >= 4 is 5.69 Å². The summed E-state index contributed by atoms with van der Waals surface area (Å²) in [4.78, 5) is 0. The van der Waals surface area contributed by atoms with E-state index in [9.17, 15) is 4.39 Å². The first kappa shape index (κ1) is 9.95. The Hall–Kier alpha value is -1.13. The molecule has 0 spiro atoms. The summed E-state index contributed by atoms with van der Waals surface area (Å²) in [6.45, 7) is 1.84. The fraction of sp³-hybridized carbons (Fsp3) is 0.333. The lowest BCUT2D eigenvalue weighted by Gasteiger charge is -2.12. The topological polar surface area (TPSA) is 78.1 Å². The number of anilines is 1. The van der Waals surface area contributed by atoms with Gasteiger partial charge in [0.15, 0.2) is 0 Å². The van der Waals surface area contributed by atoms with E-state index in [1.165, 1.54) is 0 Å². The Morgan fingerprint density at radius 2 is 2.08 bits per heavy atom. The molecular weight excluding hydrogens is 169 g/mol. The van der Waals surface area contributed by atoms with Gasteiger partial charge in [-0.25, -0.2) is 4.39 Å². The summed E-state index contributed by atoms with van der Waals surface area (Å²) in [7, 11) is 0. The van der Waals surface area contributed by atoms with Crippen molar-refractivity contribution in [2.75, 3.05) is 12.3 Å². The SMILES string of the molecule is Cc1c(N)ccc(C(N)CN)c1F. The van der Waals surface area contributed by atoms with E-state index in [1.54, 1.807) is 19.1 Å². The predicted octanol–water partition coefficient (Wildman–Crippen LogP) is 0.675. The molecule has 6 N–H and O–H groups in total. The monoisotopic (exact) mass is 183 g/mol. The van der Waals surface area contributed by atoms with Gasteiger partial charge in [0.1, 0.15) is 5.82 Å². The van der Waals surface area contributed by atoms with Gasteiger partial charge in [-0.15, -0.1) is 0 Å². The fourth-order valence-electron chi connectivity index (χ4n) is 1.13. The number of halogens is 1. The lowest BCUT2D eigenvalue weighted by atomic mass is 10.0. The van der Waals surface area contributed by atoms with Gasteiger partial charge in [-0.1, -0.05) is 6.07 Å². The normalized spacial score (nSPS) is 12.9. The van der Waals surface area contributed by atoms with Crippen LogP contribution in [-0.2, 0) is 0 Å². The molecule has 0 aliphatic rings. The van der Waals surface area contributed by atoms with Crippen molar-refractivity contribution in [3.63, 3.8) is 0 Å². The van der Waals surface area contributed by atoms with Crippen LogP contribution in [0.25, 0.3) is 0 Å². The van der Waals surface area contributed by atoms with E-state index in [4.69, 9.17) is 17.2 Å². The number of hydrogen-bond donors (Lipinski definition) is 3. The van der Waals surface area contributed by atoms with Gasteiger partial charge >= 0.3 is 0 Å². The maximum Gasteiger partial charge on any atom is 0.132 e. The number of nitrogen functional groups attached to an aromatic ring is 1. The van der Waals surface area contributed by atoms with Crippen molar-refractivity contribution in [2.45, 2.75) is 13.0 Å². The smallest absolute Gasteiger partial charge is 0.132 e. The first-order chi connectivity index (χ1) is 6.07. The van der Waals surface area contributed by atoms with Crippen LogP contribution in [0.3, 0.4) is 0 Å². The van der Waals surface area contributed by atoms with Crippen LogP contribution < -0.4 is 17.2 Å². The summed E-state index contributed by atoms with van der Waals surface area (Å²) in [5.41, 5.74) is 17.8. The first-order valence-electron chi connectivity index (χ1n) is 4.08. The third kappa shape index (κ3) is 1.79. The van der Waals surface area contributed by atoms with Crippen LogP contribution >= 0.6 is 0 Å². The molecule has 0 saturated heterocycles. The molecular formula is C9H14FN3. The van der Waals surface area contributed by atoms with Crippen LogP contribution in [0.5, 0.6) is 0 Å². The maximum atomic E-state index is 13.5. The average molecular weight is 183 g/mol. The largest absolute Gasteiger partial charge is 0.398 e. The van der Waals surface area contributed by atoms with E-state index in [0.29, 0.717) is 16.8 Å². The highest BCUT2D eigenvalue weighted by Crippen LogP contribution is 2.21. The van der Waals surface area contributed by atoms with Gasteiger partial charge in [0.05, 0.1) is 0 Å². The molecule has 0 aromatic heterocycles. The summed E-state index contributed by atoms with van der Waals surface area (Å²) in [5, 5.41) is 0. The molecule has 1 aromatic rings. The Labute approximate surface area is 76.7 Å². The van der Waals surface area contributed by atoms with Gasteiger partial charge in [-0.3, -0.25) is 0 Å². The summed E-state index contributed by atoms with van der Waals surface area (Å²) >= 11 is 0. The second-order valence-corrected chi connectivity index (χ2v) is 3.03. The Balaban J connectivity index is 3.18. The van der Waals surface area contributed by atoms with Gasteiger partial charge in [0, 0.05) is 29.4 Å². The molecule has 0 saturated carbocycles. The molecule has 0 radical (unpaired) electrons. The summed E-state index contributed by atoms with van der Waals surface area (Å²) in [6.07, 6.45) is 0. The van der Waals surface area contributed by atoms with Crippen LogP contribution in [-0.4, -0.2) is 6.54 Å².